The lowest BCUT2D eigenvalue weighted by atomic mass is 10.0. The maximum absolute atomic E-state index is 12.4. The van der Waals surface area contributed by atoms with Crippen LogP contribution < -0.4 is 5.32 Å². The molecule has 0 aromatic heterocycles. The Balaban J connectivity index is 1.61. The van der Waals surface area contributed by atoms with E-state index in [1.54, 1.807) is 0 Å². The first-order valence-electron chi connectivity index (χ1n) is 9.40. The number of morpholine rings is 1. The number of nitrogens with zero attached hydrogens (tertiary/aromatic N) is 3. The van der Waals surface area contributed by atoms with Gasteiger partial charge in [0.05, 0.1) is 19.3 Å². The van der Waals surface area contributed by atoms with E-state index in [4.69, 9.17) is 4.74 Å². The summed E-state index contributed by atoms with van der Waals surface area (Å²) in [6, 6.07) is 10.8. The van der Waals surface area contributed by atoms with Gasteiger partial charge in [-0.05, 0) is 12.1 Å². The minimum atomic E-state index is 0.0245. The molecule has 1 aromatic carbocycles. The summed E-state index contributed by atoms with van der Waals surface area (Å²) in [5.74, 6) is 0. The SMILES string of the molecule is CCN1CCN(C(CNC(=O)N2CCOCC2)c2ccccc2)CC1. The standard InChI is InChI=1S/C19H30N4O2/c1-2-21-8-10-22(11-9-21)18(17-6-4-3-5-7-17)16-20-19(24)23-12-14-25-15-13-23/h3-7,18H,2,8-16H2,1H3,(H,20,24). The van der Waals surface area contributed by atoms with Gasteiger partial charge in [-0.1, -0.05) is 37.3 Å². The highest BCUT2D eigenvalue weighted by Gasteiger charge is 2.26. The Labute approximate surface area is 150 Å². The van der Waals surface area contributed by atoms with Crippen LogP contribution >= 0.6 is 0 Å². The molecule has 2 saturated heterocycles. The molecule has 2 aliphatic rings. The summed E-state index contributed by atoms with van der Waals surface area (Å²) >= 11 is 0. The van der Waals surface area contributed by atoms with E-state index in [1.807, 2.05) is 11.0 Å². The third-order valence-corrected chi connectivity index (χ3v) is 5.22. The highest BCUT2D eigenvalue weighted by molar-refractivity contribution is 5.74. The molecular formula is C19H30N4O2. The van der Waals surface area contributed by atoms with Gasteiger partial charge in [-0.3, -0.25) is 4.90 Å². The number of benzene rings is 1. The van der Waals surface area contributed by atoms with Gasteiger partial charge in [0.25, 0.3) is 0 Å². The molecule has 2 heterocycles. The van der Waals surface area contributed by atoms with Gasteiger partial charge in [0.1, 0.15) is 0 Å². The van der Waals surface area contributed by atoms with Crippen LogP contribution in [-0.2, 0) is 4.74 Å². The first kappa shape index (κ1) is 18.2. The zero-order valence-electron chi connectivity index (χ0n) is 15.2. The number of carbonyl (C=O) groups is 1. The number of amides is 2. The number of hydrogen-bond acceptors (Lipinski definition) is 4. The second-order valence-electron chi connectivity index (χ2n) is 6.68. The summed E-state index contributed by atoms with van der Waals surface area (Å²) in [4.78, 5) is 19.3. The van der Waals surface area contributed by atoms with E-state index < -0.39 is 0 Å². The molecule has 2 aliphatic heterocycles. The van der Waals surface area contributed by atoms with Crippen LogP contribution in [0.1, 0.15) is 18.5 Å². The van der Waals surface area contributed by atoms with Crippen LogP contribution in [0.3, 0.4) is 0 Å². The molecule has 0 aliphatic carbocycles. The minimum absolute atomic E-state index is 0.0245. The number of piperazine rings is 1. The van der Waals surface area contributed by atoms with E-state index in [-0.39, 0.29) is 12.1 Å². The maximum Gasteiger partial charge on any atom is 0.317 e. The molecule has 3 rings (SSSR count). The summed E-state index contributed by atoms with van der Waals surface area (Å²) in [5.41, 5.74) is 1.27. The predicted molar refractivity (Wildman–Crippen MR) is 98.7 cm³/mol. The number of carbonyl (C=O) groups excluding carboxylic acids is 1. The van der Waals surface area contributed by atoms with Gasteiger partial charge in [-0.2, -0.15) is 0 Å². The van der Waals surface area contributed by atoms with Crippen molar-refractivity contribution in [1.29, 1.82) is 0 Å². The van der Waals surface area contributed by atoms with Crippen LogP contribution in [0.4, 0.5) is 4.79 Å². The smallest absolute Gasteiger partial charge is 0.317 e. The number of urea groups is 1. The Morgan fingerprint density at radius 3 is 2.40 bits per heavy atom. The molecule has 0 bridgehead atoms. The van der Waals surface area contributed by atoms with Crippen LogP contribution in [0.5, 0.6) is 0 Å². The Bertz CT molecular complexity index is 525. The summed E-state index contributed by atoms with van der Waals surface area (Å²) < 4.78 is 5.33. The fourth-order valence-electron chi connectivity index (χ4n) is 3.59. The van der Waals surface area contributed by atoms with E-state index in [9.17, 15) is 4.79 Å². The van der Waals surface area contributed by atoms with Crippen molar-refractivity contribution in [3.8, 4) is 0 Å². The first-order chi connectivity index (χ1) is 12.3. The van der Waals surface area contributed by atoms with Crippen molar-refractivity contribution >= 4 is 6.03 Å². The van der Waals surface area contributed by atoms with Crippen LogP contribution in [0, 0.1) is 0 Å². The number of likely N-dealkylation sites (N-methyl/N-ethyl adjacent to an activating group) is 1. The van der Waals surface area contributed by atoms with Gasteiger partial charge in [0.2, 0.25) is 0 Å². The molecule has 138 valence electrons. The number of ether oxygens (including phenoxy) is 1. The fraction of sp³-hybridized carbons (Fsp3) is 0.632. The van der Waals surface area contributed by atoms with E-state index in [0.717, 1.165) is 32.7 Å². The predicted octanol–water partition coefficient (Wildman–Crippen LogP) is 1.41. The summed E-state index contributed by atoms with van der Waals surface area (Å²) in [7, 11) is 0. The average Bonchev–Trinajstić information content (AvgIpc) is 2.70. The van der Waals surface area contributed by atoms with E-state index >= 15 is 0 Å². The third kappa shape index (κ3) is 4.93. The van der Waals surface area contributed by atoms with Crippen molar-refractivity contribution in [3.63, 3.8) is 0 Å². The Morgan fingerprint density at radius 2 is 1.76 bits per heavy atom. The molecule has 1 aromatic rings. The average molecular weight is 346 g/mol. The van der Waals surface area contributed by atoms with Gasteiger partial charge < -0.3 is 19.9 Å². The van der Waals surface area contributed by atoms with Crippen molar-refractivity contribution in [3.05, 3.63) is 35.9 Å². The molecule has 1 unspecified atom stereocenters. The molecule has 1 N–H and O–H groups in total. The van der Waals surface area contributed by atoms with Gasteiger partial charge >= 0.3 is 6.03 Å². The number of nitrogens with one attached hydrogen (secondary N) is 1. The van der Waals surface area contributed by atoms with Crippen LogP contribution in [0.2, 0.25) is 0 Å². The molecule has 2 amide bonds. The summed E-state index contributed by atoms with van der Waals surface area (Å²) in [6.45, 7) is 10.9. The van der Waals surface area contributed by atoms with Crippen molar-refractivity contribution in [2.75, 3.05) is 65.6 Å². The van der Waals surface area contributed by atoms with E-state index in [1.165, 1.54) is 5.56 Å². The summed E-state index contributed by atoms with van der Waals surface area (Å²) in [6.07, 6.45) is 0. The quantitative estimate of drug-likeness (QED) is 0.876. The zero-order chi connectivity index (χ0) is 17.5. The minimum Gasteiger partial charge on any atom is -0.378 e. The van der Waals surface area contributed by atoms with E-state index in [2.05, 4.69) is 46.3 Å². The first-order valence-corrected chi connectivity index (χ1v) is 9.40. The lowest BCUT2D eigenvalue weighted by molar-refractivity contribution is 0.0518. The molecule has 0 radical (unpaired) electrons. The molecule has 0 spiro atoms. The normalized spacial score (nSPS) is 21.1. The van der Waals surface area contributed by atoms with Gasteiger partial charge in [-0.15, -0.1) is 0 Å². The fourth-order valence-corrected chi connectivity index (χ4v) is 3.59. The van der Waals surface area contributed by atoms with Crippen LogP contribution in [0.25, 0.3) is 0 Å². The molecule has 1 atom stereocenters. The zero-order valence-corrected chi connectivity index (χ0v) is 15.2. The lowest BCUT2D eigenvalue weighted by Crippen LogP contribution is -2.51. The molecule has 25 heavy (non-hydrogen) atoms. The molecule has 0 saturated carbocycles. The number of rotatable bonds is 5. The van der Waals surface area contributed by atoms with E-state index in [0.29, 0.717) is 32.8 Å². The highest BCUT2D eigenvalue weighted by Crippen LogP contribution is 2.21. The Morgan fingerprint density at radius 1 is 1.08 bits per heavy atom. The van der Waals surface area contributed by atoms with Gasteiger partial charge in [-0.25, -0.2) is 4.79 Å². The lowest BCUT2D eigenvalue weighted by Gasteiger charge is -2.39. The Hall–Kier alpha value is -1.63. The second kappa shape index (κ2) is 9.17. The molecule has 6 heteroatoms. The second-order valence-corrected chi connectivity index (χ2v) is 6.68. The molecular weight excluding hydrogens is 316 g/mol. The third-order valence-electron chi connectivity index (χ3n) is 5.22. The van der Waals surface area contributed by atoms with Crippen LogP contribution in [-0.4, -0.2) is 86.3 Å². The van der Waals surface area contributed by atoms with Crippen molar-refractivity contribution in [2.24, 2.45) is 0 Å². The largest absolute Gasteiger partial charge is 0.378 e. The Kier molecular flexibility index (Phi) is 6.67. The molecule has 6 nitrogen and oxygen atoms in total. The highest BCUT2D eigenvalue weighted by atomic mass is 16.5. The van der Waals surface area contributed by atoms with Crippen molar-refractivity contribution in [1.82, 2.24) is 20.0 Å². The van der Waals surface area contributed by atoms with Crippen molar-refractivity contribution < 1.29 is 9.53 Å². The monoisotopic (exact) mass is 346 g/mol. The van der Waals surface area contributed by atoms with Crippen LogP contribution in [0.15, 0.2) is 30.3 Å². The number of hydrogen-bond donors (Lipinski definition) is 1. The molecule has 2 fully saturated rings. The van der Waals surface area contributed by atoms with Gasteiger partial charge in [0.15, 0.2) is 0 Å². The topological polar surface area (TPSA) is 48.0 Å². The van der Waals surface area contributed by atoms with Gasteiger partial charge in [0, 0.05) is 45.8 Å². The van der Waals surface area contributed by atoms with Crippen molar-refractivity contribution in [2.45, 2.75) is 13.0 Å². The summed E-state index contributed by atoms with van der Waals surface area (Å²) in [5, 5.41) is 3.15. The maximum atomic E-state index is 12.4.